The quantitative estimate of drug-likeness (QED) is 0.868. The van der Waals surface area contributed by atoms with E-state index in [0.717, 1.165) is 31.6 Å². The first kappa shape index (κ1) is 15.8. The second kappa shape index (κ2) is 7.41. The summed E-state index contributed by atoms with van der Waals surface area (Å²) >= 11 is 0. The van der Waals surface area contributed by atoms with Crippen molar-refractivity contribution < 1.29 is 9.90 Å². The molecule has 1 aliphatic heterocycles. The Bertz CT molecular complexity index is 474. The van der Waals surface area contributed by atoms with E-state index in [1.54, 1.807) is 11.1 Å². The van der Waals surface area contributed by atoms with Crippen LogP contribution in [0.4, 0.5) is 5.69 Å². The van der Waals surface area contributed by atoms with E-state index in [1.165, 1.54) is 0 Å². The molecule has 1 N–H and O–H groups in total. The molecule has 1 aromatic heterocycles. The molecule has 0 saturated carbocycles. The minimum Gasteiger partial charge on any atom is -0.396 e. The van der Waals surface area contributed by atoms with E-state index in [9.17, 15) is 4.79 Å². The summed E-state index contributed by atoms with van der Waals surface area (Å²) in [6, 6.07) is 3.85. The molecule has 5 nitrogen and oxygen atoms in total. The molecule has 1 unspecified atom stereocenters. The van der Waals surface area contributed by atoms with E-state index < -0.39 is 0 Å². The standard InChI is InChI=1S/C16H25N3O2/c1-3-18(4-2)16(21)15-11-14(5-8-17-15)19-9-6-13(12-19)7-10-20/h5,8,11,13,20H,3-4,6-7,9-10,12H2,1-2H3. The first-order valence-corrected chi connectivity index (χ1v) is 7.80. The van der Waals surface area contributed by atoms with Gasteiger partial charge < -0.3 is 14.9 Å². The van der Waals surface area contributed by atoms with Gasteiger partial charge in [-0.3, -0.25) is 9.78 Å². The average Bonchev–Trinajstić information content (AvgIpc) is 2.97. The number of aromatic nitrogens is 1. The van der Waals surface area contributed by atoms with Gasteiger partial charge in [-0.2, -0.15) is 0 Å². The van der Waals surface area contributed by atoms with Crippen LogP contribution in [0.25, 0.3) is 0 Å². The number of rotatable bonds is 6. The molecule has 2 heterocycles. The number of hydrogen-bond donors (Lipinski definition) is 1. The van der Waals surface area contributed by atoms with Crippen molar-refractivity contribution in [1.82, 2.24) is 9.88 Å². The van der Waals surface area contributed by atoms with Gasteiger partial charge >= 0.3 is 0 Å². The second-order valence-corrected chi connectivity index (χ2v) is 5.49. The number of carbonyl (C=O) groups excluding carboxylic acids is 1. The van der Waals surface area contributed by atoms with E-state index in [1.807, 2.05) is 26.0 Å². The summed E-state index contributed by atoms with van der Waals surface area (Å²) in [5.41, 5.74) is 1.57. The van der Waals surface area contributed by atoms with Gasteiger partial charge in [-0.15, -0.1) is 0 Å². The van der Waals surface area contributed by atoms with Gasteiger partial charge in [0.05, 0.1) is 0 Å². The van der Waals surface area contributed by atoms with E-state index >= 15 is 0 Å². The summed E-state index contributed by atoms with van der Waals surface area (Å²) in [5.74, 6) is 0.540. The van der Waals surface area contributed by atoms with Crippen molar-refractivity contribution in [2.45, 2.75) is 26.7 Å². The number of aliphatic hydroxyl groups excluding tert-OH is 1. The van der Waals surface area contributed by atoms with Gasteiger partial charge in [0.25, 0.3) is 5.91 Å². The molecule has 1 amide bonds. The van der Waals surface area contributed by atoms with Crippen LogP contribution in [-0.2, 0) is 0 Å². The van der Waals surface area contributed by atoms with Crippen LogP contribution in [0.15, 0.2) is 18.3 Å². The third-order valence-corrected chi connectivity index (χ3v) is 4.20. The summed E-state index contributed by atoms with van der Waals surface area (Å²) < 4.78 is 0. The molecule has 1 saturated heterocycles. The molecule has 2 rings (SSSR count). The van der Waals surface area contributed by atoms with Gasteiger partial charge in [0.1, 0.15) is 5.69 Å². The van der Waals surface area contributed by atoms with Crippen LogP contribution in [0.5, 0.6) is 0 Å². The lowest BCUT2D eigenvalue weighted by Gasteiger charge is -2.21. The van der Waals surface area contributed by atoms with Crippen molar-refractivity contribution in [3.05, 3.63) is 24.0 Å². The first-order chi connectivity index (χ1) is 10.2. The molecule has 1 aliphatic rings. The molecule has 0 spiro atoms. The fourth-order valence-corrected chi connectivity index (χ4v) is 2.89. The lowest BCUT2D eigenvalue weighted by atomic mass is 10.1. The highest BCUT2D eigenvalue weighted by Crippen LogP contribution is 2.25. The predicted octanol–water partition coefficient (Wildman–Crippen LogP) is 1.77. The molecule has 0 aliphatic carbocycles. The number of aliphatic hydroxyl groups is 1. The van der Waals surface area contributed by atoms with Crippen molar-refractivity contribution >= 4 is 11.6 Å². The molecule has 21 heavy (non-hydrogen) atoms. The highest BCUT2D eigenvalue weighted by Gasteiger charge is 2.23. The monoisotopic (exact) mass is 291 g/mol. The normalized spacial score (nSPS) is 18.0. The summed E-state index contributed by atoms with van der Waals surface area (Å²) in [5, 5.41) is 9.04. The Morgan fingerprint density at radius 1 is 1.48 bits per heavy atom. The molecule has 1 aromatic rings. The average molecular weight is 291 g/mol. The predicted molar refractivity (Wildman–Crippen MR) is 83.5 cm³/mol. The maximum Gasteiger partial charge on any atom is 0.272 e. The molecule has 5 heteroatoms. The third kappa shape index (κ3) is 3.73. The van der Waals surface area contributed by atoms with Crippen LogP contribution >= 0.6 is 0 Å². The summed E-state index contributed by atoms with van der Waals surface area (Å²) in [6.07, 6.45) is 3.67. The fourth-order valence-electron chi connectivity index (χ4n) is 2.89. The van der Waals surface area contributed by atoms with E-state index in [-0.39, 0.29) is 12.5 Å². The number of pyridine rings is 1. The van der Waals surface area contributed by atoms with Crippen LogP contribution < -0.4 is 4.90 Å². The Hall–Kier alpha value is -1.62. The minimum absolute atomic E-state index is 0.00652. The molecule has 0 radical (unpaired) electrons. The van der Waals surface area contributed by atoms with E-state index in [4.69, 9.17) is 5.11 Å². The Kier molecular flexibility index (Phi) is 5.56. The van der Waals surface area contributed by atoms with Crippen molar-refractivity contribution in [2.75, 3.05) is 37.7 Å². The molecule has 116 valence electrons. The maximum absolute atomic E-state index is 12.4. The molecule has 1 atom stereocenters. The molecule has 0 bridgehead atoms. The number of anilines is 1. The summed E-state index contributed by atoms with van der Waals surface area (Å²) in [4.78, 5) is 20.6. The summed E-state index contributed by atoms with van der Waals surface area (Å²) in [6.45, 7) is 7.53. The Morgan fingerprint density at radius 3 is 2.90 bits per heavy atom. The van der Waals surface area contributed by atoms with E-state index in [0.29, 0.717) is 24.7 Å². The van der Waals surface area contributed by atoms with Crippen molar-refractivity contribution in [1.29, 1.82) is 0 Å². The molecular weight excluding hydrogens is 266 g/mol. The van der Waals surface area contributed by atoms with Crippen LogP contribution in [-0.4, -0.2) is 53.7 Å². The zero-order valence-electron chi connectivity index (χ0n) is 13.0. The van der Waals surface area contributed by atoms with Crippen molar-refractivity contribution in [3.63, 3.8) is 0 Å². The van der Waals surface area contributed by atoms with Crippen LogP contribution in [0.3, 0.4) is 0 Å². The van der Waals surface area contributed by atoms with Crippen LogP contribution in [0, 0.1) is 5.92 Å². The number of nitrogens with zero attached hydrogens (tertiary/aromatic N) is 3. The highest BCUT2D eigenvalue weighted by molar-refractivity contribution is 5.93. The Morgan fingerprint density at radius 2 is 2.24 bits per heavy atom. The fraction of sp³-hybridized carbons (Fsp3) is 0.625. The lowest BCUT2D eigenvalue weighted by Crippen LogP contribution is -2.31. The van der Waals surface area contributed by atoms with Gasteiger partial charge in [0.15, 0.2) is 0 Å². The van der Waals surface area contributed by atoms with Gasteiger partial charge in [-0.1, -0.05) is 0 Å². The second-order valence-electron chi connectivity index (χ2n) is 5.49. The SMILES string of the molecule is CCN(CC)C(=O)c1cc(N2CCC(CCO)C2)ccn1. The smallest absolute Gasteiger partial charge is 0.272 e. The third-order valence-electron chi connectivity index (χ3n) is 4.20. The van der Waals surface area contributed by atoms with Crippen molar-refractivity contribution in [3.8, 4) is 0 Å². The van der Waals surface area contributed by atoms with Gasteiger partial charge in [-0.05, 0) is 44.7 Å². The first-order valence-electron chi connectivity index (χ1n) is 7.80. The number of hydrogen-bond acceptors (Lipinski definition) is 4. The largest absolute Gasteiger partial charge is 0.396 e. The molecular formula is C16H25N3O2. The maximum atomic E-state index is 12.4. The number of carbonyl (C=O) groups is 1. The Labute approximate surface area is 126 Å². The molecule has 0 aromatic carbocycles. The highest BCUT2D eigenvalue weighted by atomic mass is 16.3. The molecule has 1 fully saturated rings. The topological polar surface area (TPSA) is 56.7 Å². The van der Waals surface area contributed by atoms with Gasteiger partial charge in [0.2, 0.25) is 0 Å². The zero-order valence-corrected chi connectivity index (χ0v) is 13.0. The van der Waals surface area contributed by atoms with Crippen LogP contribution in [0.1, 0.15) is 37.2 Å². The van der Waals surface area contributed by atoms with Crippen LogP contribution in [0.2, 0.25) is 0 Å². The number of amides is 1. The van der Waals surface area contributed by atoms with Gasteiger partial charge in [-0.25, -0.2) is 0 Å². The lowest BCUT2D eigenvalue weighted by molar-refractivity contribution is 0.0767. The van der Waals surface area contributed by atoms with E-state index in [2.05, 4.69) is 9.88 Å². The zero-order chi connectivity index (χ0) is 15.2. The minimum atomic E-state index is -0.00652. The Balaban J connectivity index is 2.09. The summed E-state index contributed by atoms with van der Waals surface area (Å²) in [7, 11) is 0. The van der Waals surface area contributed by atoms with Gasteiger partial charge in [0, 0.05) is 44.7 Å². The van der Waals surface area contributed by atoms with Crippen molar-refractivity contribution in [2.24, 2.45) is 5.92 Å².